The predicted molar refractivity (Wildman–Crippen MR) is 102 cm³/mol. The van der Waals surface area contributed by atoms with E-state index >= 15 is 0 Å². The van der Waals surface area contributed by atoms with Crippen LogP contribution < -0.4 is 5.43 Å². The van der Waals surface area contributed by atoms with Gasteiger partial charge in [0.1, 0.15) is 12.4 Å². The van der Waals surface area contributed by atoms with Crippen LogP contribution in [0.1, 0.15) is 12.5 Å². The van der Waals surface area contributed by atoms with Gasteiger partial charge in [0.05, 0.1) is 12.3 Å². The van der Waals surface area contributed by atoms with Gasteiger partial charge in [-0.1, -0.05) is 30.3 Å². The second kappa shape index (κ2) is 9.38. The normalized spacial score (nSPS) is 11.2. The van der Waals surface area contributed by atoms with E-state index in [2.05, 4.69) is 10.5 Å². The number of carbonyl (C=O) groups excluding carboxylic acids is 2. The fourth-order valence-corrected chi connectivity index (χ4v) is 2.39. The highest BCUT2D eigenvalue weighted by Crippen LogP contribution is 2.16. The van der Waals surface area contributed by atoms with E-state index in [0.29, 0.717) is 0 Å². The minimum atomic E-state index is -0.568. The van der Waals surface area contributed by atoms with Crippen molar-refractivity contribution in [2.45, 2.75) is 13.5 Å². The minimum absolute atomic E-state index is 0.0807. The molecule has 0 atom stereocenters. The number of rotatable bonds is 8. The van der Waals surface area contributed by atoms with Crippen LogP contribution in [0.25, 0.3) is 0 Å². The number of ketones is 2. The largest absolute Gasteiger partial charge is 0.369 e. The van der Waals surface area contributed by atoms with Crippen molar-refractivity contribution in [1.29, 1.82) is 0 Å². The van der Waals surface area contributed by atoms with Crippen LogP contribution in [0.3, 0.4) is 0 Å². The fraction of sp³-hybridized carbons (Fsp3) is 0.167. The van der Waals surface area contributed by atoms with Gasteiger partial charge in [0.25, 0.3) is 0 Å². The van der Waals surface area contributed by atoms with Crippen LogP contribution in [-0.4, -0.2) is 23.9 Å². The summed E-state index contributed by atoms with van der Waals surface area (Å²) in [4.78, 5) is 23.8. The molecule has 7 heteroatoms. The molecule has 0 aliphatic carbocycles. The average Bonchev–Trinajstić information content (AvgIpc) is 2.57. The predicted octanol–water partition coefficient (Wildman–Crippen LogP) is 3.57. The van der Waals surface area contributed by atoms with Gasteiger partial charge in [0.2, 0.25) is 5.78 Å². The quantitative estimate of drug-likeness (QED) is 0.287. The van der Waals surface area contributed by atoms with Gasteiger partial charge in [-0.3, -0.25) is 15.0 Å². The summed E-state index contributed by atoms with van der Waals surface area (Å²) in [5.74, 6) is -1.61. The number of Topliss-reactive ketones (excluding diaryl/α,β-unsaturated/α-hetero) is 2. The highest BCUT2D eigenvalue weighted by atomic mass is 127. The van der Waals surface area contributed by atoms with E-state index in [1.165, 1.54) is 19.1 Å². The number of halogens is 2. The molecule has 0 radical (unpaired) electrons. The summed E-state index contributed by atoms with van der Waals surface area (Å²) in [7, 11) is 0. The molecule has 130 valence electrons. The van der Waals surface area contributed by atoms with E-state index in [1.807, 2.05) is 52.9 Å². The number of hydrogen-bond acceptors (Lipinski definition) is 5. The zero-order chi connectivity index (χ0) is 18.2. The maximum absolute atomic E-state index is 13.8. The zero-order valence-corrected chi connectivity index (χ0v) is 15.6. The third-order valence-corrected chi connectivity index (χ3v) is 3.83. The number of hydrazone groups is 1. The lowest BCUT2D eigenvalue weighted by atomic mass is 10.2. The van der Waals surface area contributed by atoms with E-state index in [4.69, 9.17) is 4.74 Å². The highest BCUT2D eigenvalue weighted by molar-refractivity contribution is 14.1. The lowest BCUT2D eigenvalue weighted by Gasteiger charge is -2.07. The third-order valence-electron chi connectivity index (χ3n) is 3.16. The van der Waals surface area contributed by atoms with Crippen LogP contribution in [0, 0.1) is 9.39 Å². The standard InChI is InChI=1S/C18H16FIN2O3/c1-12(23)18(22-21-16-8-7-14(20)9-15(16)19)17(24)11-25-10-13-5-3-2-4-6-13/h2-9,21H,10-11H2,1H3. The number of nitrogens with zero attached hydrogens (tertiary/aromatic N) is 1. The lowest BCUT2D eigenvalue weighted by Crippen LogP contribution is -2.27. The molecule has 0 fully saturated rings. The Morgan fingerprint density at radius 3 is 2.56 bits per heavy atom. The molecule has 2 aromatic carbocycles. The first-order valence-corrected chi connectivity index (χ1v) is 8.50. The topological polar surface area (TPSA) is 67.8 Å². The summed E-state index contributed by atoms with van der Waals surface area (Å²) in [5.41, 5.74) is 3.10. The smallest absolute Gasteiger partial charge is 0.212 e. The van der Waals surface area contributed by atoms with Crippen LogP contribution in [0.2, 0.25) is 0 Å². The van der Waals surface area contributed by atoms with Crippen molar-refractivity contribution >= 4 is 45.6 Å². The van der Waals surface area contributed by atoms with Crippen molar-refractivity contribution < 1.29 is 18.7 Å². The summed E-state index contributed by atoms with van der Waals surface area (Å²) in [6, 6.07) is 13.8. The number of carbonyl (C=O) groups is 2. The summed E-state index contributed by atoms with van der Waals surface area (Å²) >= 11 is 1.98. The Hall–Kier alpha value is -2.13. The molecule has 0 amide bonds. The molecule has 0 aliphatic heterocycles. The van der Waals surface area contributed by atoms with Crippen molar-refractivity contribution in [3.8, 4) is 0 Å². The number of hydrogen-bond donors (Lipinski definition) is 1. The maximum Gasteiger partial charge on any atom is 0.212 e. The molecule has 0 spiro atoms. The highest BCUT2D eigenvalue weighted by Gasteiger charge is 2.17. The van der Waals surface area contributed by atoms with Crippen LogP contribution in [-0.2, 0) is 20.9 Å². The Bertz CT molecular complexity index is 794. The minimum Gasteiger partial charge on any atom is -0.369 e. The van der Waals surface area contributed by atoms with E-state index in [-0.39, 0.29) is 24.6 Å². The summed E-state index contributed by atoms with van der Waals surface area (Å²) in [6.07, 6.45) is 0. The monoisotopic (exact) mass is 454 g/mol. The van der Waals surface area contributed by atoms with E-state index in [0.717, 1.165) is 9.13 Å². The Labute approximate surface area is 158 Å². The number of nitrogens with one attached hydrogen (secondary N) is 1. The summed E-state index contributed by atoms with van der Waals surface area (Å²) in [6.45, 7) is 1.18. The summed E-state index contributed by atoms with van der Waals surface area (Å²) < 4.78 is 19.8. The fourth-order valence-electron chi connectivity index (χ4n) is 1.94. The first-order chi connectivity index (χ1) is 12.0. The molecule has 2 aromatic rings. The Kier molecular flexibility index (Phi) is 7.20. The van der Waals surface area contributed by atoms with Crippen molar-refractivity contribution in [3.63, 3.8) is 0 Å². The Morgan fingerprint density at radius 2 is 1.92 bits per heavy atom. The number of ether oxygens (including phenoxy) is 1. The van der Waals surface area contributed by atoms with Gasteiger partial charge in [-0.05, 0) is 46.4 Å². The van der Waals surface area contributed by atoms with Gasteiger partial charge in [-0.25, -0.2) is 4.39 Å². The second-order valence-electron chi connectivity index (χ2n) is 5.15. The first-order valence-electron chi connectivity index (χ1n) is 7.42. The molecule has 0 heterocycles. The molecule has 5 nitrogen and oxygen atoms in total. The molecule has 0 aliphatic rings. The maximum atomic E-state index is 13.8. The molecule has 0 aromatic heterocycles. The van der Waals surface area contributed by atoms with Gasteiger partial charge in [-0.15, -0.1) is 0 Å². The second-order valence-corrected chi connectivity index (χ2v) is 6.40. The third kappa shape index (κ3) is 6.02. The first kappa shape index (κ1) is 19.2. The van der Waals surface area contributed by atoms with Crippen LogP contribution >= 0.6 is 22.6 Å². The van der Waals surface area contributed by atoms with Crippen molar-refractivity contribution in [3.05, 3.63) is 63.5 Å². The average molecular weight is 454 g/mol. The van der Waals surface area contributed by atoms with Gasteiger partial charge in [0, 0.05) is 10.5 Å². The van der Waals surface area contributed by atoms with Gasteiger partial charge >= 0.3 is 0 Å². The van der Waals surface area contributed by atoms with E-state index < -0.39 is 17.4 Å². The van der Waals surface area contributed by atoms with Crippen molar-refractivity contribution in [2.75, 3.05) is 12.0 Å². The molecule has 0 saturated heterocycles. The molecular formula is C18H16FIN2O3. The molecule has 25 heavy (non-hydrogen) atoms. The SMILES string of the molecule is CC(=O)C(=NNc1ccc(I)cc1F)C(=O)COCc1ccccc1. The molecular weight excluding hydrogens is 438 g/mol. The number of anilines is 1. The molecule has 0 bridgehead atoms. The Morgan fingerprint density at radius 1 is 1.20 bits per heavy atom. The Balaban J connectivity index is 1.98. The van der Waals surface area contributed by atoms with Gasteiger partial charge in [-0.2, -0.15) is 5.10 Å². The lowest BCUT2D eigenvalue weighted by molar-refractivity contribution is -0.119. The molecule has 0 saturated carbocycles. The zero-order valence-electron chi connectivity index (χ0n) is 13.5. The van der Waals surface area contributed by atoms with E-state index in [1.54, 1.807) is 6.07 Å². The van der Waals surface area contributed by atoms with Crippen LogP contribution in [0.4, 0.5) is 10.1 Å². The van der Waals surface area contributed by atoms with Crippen LogP contribution in [0.15, 0.2) is 53.6 Å². The molecule has 1 N–H and O–H groups in total. The van der Waals surface area contributed by atoms with Crippen molar-refractivity contribution in [2.24, 2.45) is 5.10 Å². The van der Waals surface area contributed by atoms with Crippen molar-refractivity contribution in [1.82, 2.24) is 0 Å². The summed E-state index contributed by atoms with van der Waals surface area (Å²) in [5, 5.41) is 3.75. The van der Waals surface area contributed by atoms with Gasteiger partial charge in [0.15, 0.2) is 11.5 Å². The van der Waals surface area contributed by atoms with E-state index in [9.17, 15) is 14.0 Å². The number of benzene rings is 2. The molecule has 0 unspecified atom stereocenters. The van der Waals surface area contributed by atoms with Gasteiger partial charge < -0.3 is 4.74 Å². The van der Waals surface area contributed by atoms with Crippen LogP contribution in [0.5, 0.6) is 0 Å². The molecule has 2 rings (SSSR count).